The molecule has 0 saturated heterocycles. The Morgan fingerprint density at radius 1 is 1.62 bits per heavy atom. The molecule has 13 heavy (non-hydrogen) atoms. The Hall–Kier alpha value is -1.78. The van der Waals surface area contributed by atoms with Gasteiger partial charge in [0.25, 0.3) is 5.69 Å². The Kier molecular flexibility index (Phi) is 2.69. The molecule has 0 aliphatic heterocycles. The summed E-state index contributed by atoms with van der Waals surface area (Å²) in [6.07, 6.45) is 0. The predicted molar refractivity (Wildman–Crippen MR) is 46.9 cm³/mol. The maximum atomic E-state index is 10.4. The number of hydrogen-bond acceptors (Lipinski definition) is 3. The second kappa shape index (κ2) is 3.75. The van der Waals surface area contributed by atoms with E-state index in [0.29, 0.717) is 0 Å². The first-order valence-electron chi connectivity index (χ1n) is 3.15. The van der Waals surface area contributed by atoms with Gasteiger partial charge in [0.05, 0.1) is 9.95 Å². The van der Waals surface area contributed by atoms with Crippen LogP contribution >= 0.6 is 11.6 Å². The highest BCUT2D eigenvalue weighted by Gasteiger charge is 2.14. The topological polar surface area (TPSA) is 91.9 Å². The number of nitrogens with zero attached hydrogens (tertiary/aromatic N) is 4. The van der Waals surface area contributed by atoms with Gasteiger partial charge in [-0.05, 0) is 11.6 Å². The normalized spacial score (nSPS) is 9.00. The van der Waals surface area contributed by atoms with Crippen molar-refractivity contribution in [1.82, 2.24) is 0 Å². The Bertz CT molecular complexity index is 400. The van der Waals surface area contributed by atoms with Crippen LogP contribution in [0.5, 0.6) is 0 Å². The molecule has 0 saturated carbocycles. The third kappa shape index (κ3) is 1.87. The van der Waals surface area contributed by atoms with Crippen molar-refractivity contribution >= 4 is 23.0 Å². The van der Waals surface area contributed by atoms with E-state index >= 15 is 0 Å². The summed E-state index contributed by atoms with van der Waals surface area (Å²) in [5, 5.41) is 13.6. The summed E-state index contributed by atoms with van der Waals surface area (Å²) in [7, 11) is 0. The molecule has 66 valence electrons. The Balaban J connectivity index is 3.42. The third-order valence-electron chi connectivity index (χ3n) is 1.31. The van der Waals surface area contributed by atoms with E-state index in [4.69, 9.17) is 17.1 Å². The van der Waals surface area contributed by atoms with Crippen molar-refractivity contribution in [3.63, 3.8) is 0 Å². The fourth-order valence-corrected chi connectivity index (χ4v) is 1.00. The number of hydrogen-bond donors (Lipinski definition) is 0. The van der Waals surface area contributed by atoms with Crippen LogP contribution in [0.25, 0.3) is 10.4 Å². The first-order valence-corrected chi connectivity index (χ1v) is 3.52. The molecule has 0 unspecified atom stereocenters. The highest BCUT2D eigenvalue weighted by Crippen LogP contribution is 2.34. The minimum Gasteiger partial charge on any atom is -0.258 e. The van der Waals surface area contributed by atoms with Gasteiger partial charge in [0, 0.05) is 11.0 Å². The van der Waals surface area contributed by atoms with Crippen LogP contribution in [-0.4, -0.2) is 4.92 Å². The fraction of sp³-hybridized carbons (Fsp3) is 0. The van der Waals surface area contributed by atoms with Crippen LogP contribution < -0.4 is 0 Å². The molecule has 1 aromatic rings. The molecular formula is C6H3ClN4O2. The summed E-state index contributed by atoms with van der Waals surface area (Å²) < 4.78 is 0. The summed E-state index contributed by atoms with van der Waals surface area (Å²) in [6, 6.07) is 4.05. The lowest BCUT2D eigenvalue weighted by Crippen LogP contribution is -1.87. The standard InChI is InChI=1S/C6H3ClN4O2/c7-4-2-1-3-5(11(12)13)6(4)9-10-8/h1-3H. The van der Waals surface area contributed by atoms with E-state index < -0.39 is 4.92 Å². The lowest BCUT2D eigenvalue weighted by Gasteiger charge is -1.96. The van der Waals surface area contributed by atoms with Gasteiger partial charge in [-0.2, -0.15) is 0 Å². The van der Waals surface area contributed by atoms with E-state index in [2.05, 4.69) is 10.0 Å². The first-order chi connectivity index (χ1) is 6.16. The van der Waals surface area contributed by atoms with Crippen molar-refractivity contribution < 1.29 is 4.92 Å². The minimum absolute atomic E-state index is 0.0620. The zero-order valence-corrected chi connectivity index (χ0v) is 6.97. The lowest BCUT2D eigenvalue weighted by atomic mass is 10.3. The summed E-state index contributed by atoms with van der Waals surface area (Å²) in [5.41, 5.74) is 7.67. The van der Waals surface area contributed by atoms with E-state index in [0.717, 1.165) is 0 Å². The molecule has 0 radical (unpaired) electrons. The van der Waals surface area contributed by atoms with Crippen LogP contribution in [0.15, 0.2) is 23.3 Å². The molecule has 0 amide bonds. The lowest BCUT2D eigenvalue weighted by molar-refractivity contribution is -0.384. The Morgan fingerprint density at radius 2 is 2.31 bits per heavy atom. The summed E-state index contributed by atoms with van der Waals surface area (Å²) in [6.45, 7) is 0. The molecule has 1 rings (SSSR count). The molecule has 0 heterocycles. The Labute approximate surface area is 77.5 Å². The van der Waals surface area contributed by atoms with Gasteiger partial charge in [0.15, 0.2) is 0 Å². The molecule has 0 bridgehead atoms. The average Bonchev–Trinajstić information content (AvgIpc) is 2.08. The molecule has 0 fully saturated rings. The Morgan fingerprint density at radius 3 is 2.85 bits per heavy atom. The van der Waals surface area contributed by atoms with Gasteiger partial charge in [-0.3, -0.25) is 10.1 Å². The number of rotatable bonds is 2. The molecule has 0 aliphatic rings. The van der Waals surface area contributed by atoms with Crippen molar-refractivity contribution in [3.8, 4) is 0 Å². The second-order valence-corrected chi connectivity index (χ2v) is 2.46. The van der Waals surface area contributed by atoms with Crippen LogP contribution in [0.1, 0.15) is 0 Å². The van der Waals surface area contributed by atoms with Gasteiger partial charge in [0.1, 0.15) is 5.69 Å². The smallest absolute Gasteiger partial charge is 0.258 e. The SMILES string of the molecule is [N-]=[N+]=Nc1c(Cl)cccc1[N+](=O)[O-]. The number of azide groups is 1. The second-order valence-electron chi connectivity index (χ2n) is 2.05. The van der Waals surface area contributed by atoms with Gasteiger partial charge < -0.3 is 0 Å². The van der Waals surface area contributed by atoms with Crippen molar-refractivity contribution in [1.29, 1.82) is 0 Å². The molecule has 0 aliphatic carbocycles. The predicted octanol–water partition coefficient (Wildman–Crippen LogP) is 3.19. The van der Waals surface area contributed by atoms with Gasteiger partial charge in [-0.25, -0.2) is 0 Å². The molecule has 0 atom stereocenters. The third-order valence-corrected chi connectivity index (χ3v) is 1.61. The first kappa shape index (κ1) is 9.31. The largest absolute Gasteiger partial charge is 0.280 e. The number of nitro benzene ring substituents is 1. The fourth-order valence-electron chi connectivity index (χ4n) is 0.795. The molecule has 1 aromatic carbocycles. The van der Waals surface area contributed by atoms with E-state index in [1.54, 1.807) is 0 Å². The van der Waals surface area contributed by atoms with Gasteiger partial charge in [0.2, 0.25) is 0 Å². The summed E-state index contributed by atoms with van der Waals surface area (Å²) >= 11 is 5.58. The van der Waals surface area contributed by atoms with Crippen LogP contribution in [0.4, 0.5) is 11.4 Å². The number of nitro groups is 1. The highest BCUT2D eigenvalue weighted by atomic mass is 35.5. The van der Waals surface area contributed by atoms with E-state index in [1.807, 2.05) is 0 Å². The van der Waals surface area contributed by atoms with Crippen molar-refractivity contribution in [3.05, 3.63) is 43.8 Å². The van der Waals surface area contributed by atoms with Crippen LogP contribution in [0, 0.1) is 10.1 Å². The van der Waals surface area contributed by atoms with Crippen molar-refractivity contribution in [2.45, 2.75) is 0 Å². The number of halogens is 1. The molecule has 0 spiro atoms. The minimum atomic E-state index is -0.657. The van der Waals surface area contributed by atoms with Crippen LogP contribution in [-0.2, 0) is 0 Å². The van der Waals surface area contributed by atoms with Crippen molar-refractivity contribution in [2.24, 2.45) is 5.11 Å². The maximum absolute atomic E-state index is 10.4. The summed E-state index contributed by atoms with van der Waals surface area (Å²) in [4.78, 5) is 12.2. The zero-order chi connectivity index (χ0) is 9.84. The van der Waals surface area contributed by atoms with Crippen molar-refractivity contribution in [2.75, 3.05) is 0 Å². The molecule has 0 aromatic heterocycles. The van der Waals surface area contributed by atoms with E-state index in [1.165, 1.54) is 18.2 Å². The molecule has 6 nitrogen and oxygen atoms in total. The van der Waals surface area contributed by atoms with Gasteiger partial charge >= 0.3 is 0 Å². The monoisotopic (exact) mass is 198 g/mol. The maximum Gasteiger partial charge on any atom is 0.280 e. The van der Waals surface area contributed by atoms with Gasteiger partial charge in [-0.15, -0.1) is 0 Å². The van der Waals surface area contributed by atoms with E-state index in [-0.39, 0.29) is 16.4 Å². The van der Waals surface area contributed by atoms with Gasteiger partial charge in [-0.1, -0.05) is 22.8 Å². The highest BCUT2D eigenvalue weighted by molar-refractivity contribution is 6.33. The molecular weight excluding hydrogens is 196 g/mol. The molecule has 0 N–H and O–H groups in total. The zero-order valence-electron chi connectivity index (χ0n) is 6.22. The average molecular weight is 199 g/mol. The molecule has 7 heteroatoms. The van der Waals surface area contributed by atoms with Crippen LogP contribution in [0.2, 0.25) is 5.02 Å². The van der Waals surface area contributed by atoms with Crippen LogP contribution in [0.3, 0.4) is 0 Å². The quantitative estimate of drug-likeness (QED) is 0.240. The van der Waals surface area contributed by atoms with E-state index in [9.17, 15) is 10.1 Å². The summed E-state index contributed by atoms with van der Waals surface area (Å²) in [5.74, 6) is 0. The number of benzene rings is 1.